The van der Waals surface area contributed by atoms with Crippen molar-refractivity contribution in [3.63, 3.8) is 0 Å². The third kappa shape index (κ3) is 1.90. The Bertz CT molecular complexity index is 362. The van der Waals surface area contributed by atoms with Crippen LogP contribution in [-0.4, -0.2) is 13.2 Å². The zero-order valence-corrected chi connectivity index (χ0v) is 8.50. The molecule has 1 aromatic rings. The van der Waals surface area contributed by atoms with Crippen LogP contribution in [0.1, 0.15) is 24.3 Å². The molecule has 0 aliphatic carbocycles. The molecule has 4 heteroatoms. The minimum absolute atomic E-state index is 0.0538. The van der Waals surface area contributed by atoms with E-state index >= 15 is 0 Å². The normalized spacial score (nSPS) is 21.5. The highest BCUT2D eigenvalue weighted by molar-refractivity contribution is 5.65. The molecule has 1 saturated heterocycles. The molecule has 82 valence electrons. The van der Waals surface area contributed by atoms with Crippen LogP contribution in [0.4, 0.5) is 15.8 Å². The van der Waals surface area contributed by atoms with Crippen molar-refractivity contribution in [2.75, 3.05) is 24.7 Å². The first-order chi connectivity index (χ1) is 7.20. The molecule has 1 aliphatic rings. The number of benzene rings is 1. The van der Waals surface area contributed by atoms with Crippen LogP contribution >= 0.6 is 0 Å². The lowest BCUT2D eigenvalue weighted by atomic mass is 9.92. The van der Waals surface area contributed by atoms with Crippen LogP contribution in [0.5, 0.6) is 0 Å². The van der Waals surface area contributed by atoms with Gasteiger partial charge in [-0.05, 0) is 24.5 Å². The van der Waals surface area contributed by atoms with Gasteiger partial charge in [0.05, 0.1) is 18.0 Å². The molecule has 1 aliphatic heterocycles. The summed E-state index contributed by atoms with van der Waals surface area (Å²) in [5.41, 5.74) is 12.1. The number of halogens is 1. The third-order valence-electron chi connectivity index (χ3n) is 2.84. The first-order valence-electron chi connectivity index (χ1n) is 5.11. The number of nitrogens with two attached hydrogens (primary N) is 2. The van der Waals surface area contributed by atoms with Crippen molar-refractivity contribution >= 4 is 11.4 Å². The third-order valence-corrected chi connectivity index (χ3v) is 2.84. The first-order valence-corrected chi connectivity index (χ1v) is 5.11. The predicted octanol–water partition coefficient (Wildman–Crippen LogP) is 1.88. The summed E-state index contributed by atoms with van der Waals surface area (Å²) >= 11 is 0. The van der Waals surface area contributed by atoms with Crippen LogP contribution in [0, 0.1) is 5.82 Å². The molecule has 0 aromatic heterocycles. The van der Waals surface area contributed by atoms with Crippen molar-refractivity contribution in [3.8, 4) is 0 Å². The summed E-state index contributed by atoms with van der Waals surface area (Å²) in [5, 5.41) is 0. The van der Waals surface area contributed by atoms with Gasteiger partial charge in [0.25, 0.3) is 0 Å². The van der Waals surface area contributed by atoms with Crippen molar-refractivity contribution < 1.29 is 9.13 Å². The number of rotatable bonds is 1. The summed E-state index contributed by atoms with van der Waals surface area (Å²) < 4.78 is 19.1. The smallest absolute Gasteiger partial charge is 0.151 e. The van der Waals surface area contributed by atoms with Crippen molar-refractivity contribution in [1.29, 1.82) is 0 Å². The van der Waals surface area contributed by atoms with Gasteiger partial charge in [0, 0.05) is 12.5 Å². The van der Waals surface area contributed by atoms with Gasteiger partial charge in [0.15, 0.2) is 5.82 Å². The molecule has 0 bridgehead atoms. The van der Waals surface area contributed by atoms with Gasteiger partial charge in [-0.15, -0.1) is 0 Å². The zero-order valence-electron chi connectivity index (χ0n) is 8.50. The van der Waals surface area contributed by atoms with E-state index in [-0.39, 0.29) is 17.4 Å². The van der Waals surface area contributed by atoms with Crippen LogP contribution in [0.15, 0.2) is 12.1 Å². The van der Waals surface area contributed by atoms with E-state index < -0.39 is 0 Å². The molecule has 1 aromatic carbocycles. The van der Waals surface area contributed by atoms with E-state index in [9.17, 15) is 4.39 Å². The van der Waals surface area contributed by atoms with Crippen molar-refractivity contribution in [1.82, 2.24) is 0 Å². The van der Waals surface area contributed by atoms with E-state index in [0.717, 1.165) is 19.4 Å². The van der Waals surface area contributed by atoms with E-state index in [1.54, 1.807) is 12.1 Å². The van der Waals surface area contributed by atoms with E-state index in [0.29, 0.717) is 17.9 Å². The number of ether oxygens (including phenoxy) is 1. The molecule has 15 heavy (non-hydrogen) atoms. The summed E-state index contributed by atoms with van der Waals surface area (Å²) in [6.45, 7) is 1.34. The van der Waals surface area contributed by atoms with Gasteiger partial charge in [0.2, 0.25) is 0 Å². The minimum atomic E-state index is -0.384. The summed E-state index contributed by atoms with van der Waals surface area (Å²) in [6.07, 6.45) is 1.91. The second-order valence-electron chi connectivity index (χ2n) is 3.89. The van der Waals surface area contributed by atoms with Crippen LogP contribution < -0.4 is 11.5 Å². The maximum atomic E-state index is 13.8. The van der Waals surface area contributed by atoms with Crippen molar-refractivity contribution in [3.05, 3.63) is 23.5 Å². The molecular weight excluding hydrogens is 195 g/mol. The molecule has 3 nitrogen and oxygen atoms in total. The van der Waals surface area contributed by atoms with Gasteiger partial charge < -0.3 is 16.2 Å². The monoisotopic (exact) mass is 210 g/mol. The Morgan fingerprint density at radius 2 is 2.13 bits per heavy atom. The van der Waals surface area contributed by atoms with Crippen molar-refractivity contribution in [2.45, 2.75) is 18.8 Å². The summed E-state index contributed by atoms with van der Waals surface area (Å²) in [4.78, 5) is 0. The molecule has 4 N–H and O–H groups in total. The topological polar surface area (TPSA) is 61.3 Å². The quantitative estimate of drug-likeness (QED) is 0.696. The van der Waals surface area contributed by atoms with Gasteiger partial charge in [-0.3, -0.25) is 0 Å². The molecule has 2 rings (SSSR count). The Kier molecular flexibility index (Phi) is 2.77. The van der Waals surface area contributed by atoms with Crippen LogP contribution in [0.2, 0.25) is 0 Å². The molecule has 1 fully saturated rings. The molecular formula is C11H15FN2O. The fraction of sp³-hybridized carbons (Fsp3) is 0.455. The molecule has 0 spiro atoms. The molecule has 1 heterocycles. The molecule has 0 radical (unpaired) electrons. The van der Waals surface area contributed by atoms with E-state index in [1.807, 2.05) is 0 Å². The molecule has 1 unspecified atom stereocenters. The standard InChI is InChI=1S/C11H15FN2O/c12-10-8(3-4-9(13)11(10)14)7-2-1-5-15-6-7/h3-4,7H,1-2,5-6,13-14H2. The number of anilines is 2. The number of hydrogen-bond acceptors (Lipinski definition) is 3. The molecule has 0 amide bonds. The van der Waals surface area contributed by atoms with Gasteiger partial charge in [-0.2, -0.15) is 0 Å². The molecule has 0 saturated carbocycles. The van der Waals surface area contributed by atoms with Gasteiger partial charge in [0.1, 0.15) is 0 Å². The van der Waals surface area contributed by atoms with Crippen molar-refractivity contribution in [2.24, 2.45) is 0 Å². The highest BCUT2D eigenvalue weighted by atomic mass is 19.1. The maximum Gasteiger partial charge on any atom is 0.151 e. The average Bonchev–Trinajstić information content (AvgIpc) is 2.27. The lowest BCUT2D eigenvalue weighted by Gasteiger charge is -2.23. The van der Waals surface area contributed by atoms with Gasteiger partial charge >= 0.3 is 0 Å². The minimum Gasteiger partial charge on any atom is -0.397 e. The summed E-state index contributed by atoms with van der Waals surface area (Å²) in [5.74, 6) is -0.271. The van der Waals surface area contributed by atoms with Crippen LogP contribution in [-0.2, 0) is 4.74 Å². The fourth-order valence-corrected chi connectivity index (χ4v) is 1.93. The molecule has 1 atom stereocenters. The highest BCUT2D eigenvalue weighted by Crippen LogP contribution is 2.31. The predicted molar refractivity (Wildman–Crippen MR) is 58.0 cm³/mol. The van der Waals surface area contributed by atoms with Gasteiger partial charge in [-0.25, -0.2) is 4.39 Å². The Balaban J connectivity index is 2.31. The average molecular weight is 210 g/mol. The lowest BCUT2D eigenvalue weighted by Crippen LogP contribution is -2.17. The van der Waals surface area contributed by atoms with Gasteiger partial charge in [-0.1, -0.05) is 6.07 Å². The Morgan fingerprint density at radius 3 is 2.80 bits per heavy atom. The SMILES string of the molecule is Nc1ccc(C2CCCOC2)c(F)c1N. The highest BCUT2D eigenvalue weighted by Gasteiger charge is 2.21. The number of nitrogen functional groups attached to an aromatic ring is 2. The van der Waals surface area contributed by atoms with Crippen LogP contribution in [0.3, 0.4) is 0 Å². The zero-order chi connectivity index (χ0) is 10.8. The summed E-state index contributed by atoms with van der Waals surface area (Å²) in [6, 6.07) is 3.36. The fourth-order valence-electron chi connectivity index (χ4n) is 1.93. The Hall–Kier alpha value is -1.29. The largest absolute Gasteiger partial charge is 0.397 e. The van der Waals surface area contributed by atoms with Crippen LogP contribution in [0.25, 0.3) is 0 Å². The maximum absolute atomic E-state index is 13.8. The Morgan fingerprint density at radius 1 is 1.33 bits per heavy atom. The summed E-state index contributed by atoms with van der Waals surface area (Å²) in [7, 11) is 0. The second kappa shape index (κ2) is 4.06. The Labute approximate surface area is 88.2 Å². The van der Waals surface area contributed by atoms with E-state index in [2.05, 4.69) is 0 Å². The van der Waals surface area contributed by atoms with E-state index in [4.69, 9.17) is 16.2 Å². The second-order valence-corrected chi connectivity index (χ2v) is 3.89. The first kappa shape index (κ1) is 10.2. The van der Waals surface area contributed by atoms with E-state index in [1.165, 1.54) is 0 Å². The lowest BCUT2D eigenvalue weighted by molar-refractivity contribution is 0.0795. The number of hydrogen-bond donors (Lipinski definition) is 2.